The molecule has 20 heavy (non-hydrogen) atoms. The monoisotopic (exact) mass is 279 g/mol. The number of carbonyl (C=O) groups is 1. The molecule has 3 unspecified atom stereocenters. The third-order valence-corrected chi connectivity index (χ3v) is 4.63. The van der Waals surface area contributed by atoms with Gasteiger partial charge in [0.25, 0.3) is 0 Å². The Morgan fingerprint density at radius 1 is 1.40 bits per heavy atom. The van der Waals surface area contributed by atoms with Crippen LogP contribution in [0.15, 0.2) is 0 Å². The Labute approximate surface area is 123 Å². The van der Waals surface area contributed by atoms with Gasteiger partial charge in [0.1, 0.15) is 0 Å². The average Bonchev–Trinajstić information content (AvgIpc) is 2.33. The summed E-state index contributed by atoms with van der Waals surface area (Å²) in [5.74, 6) is 0.287. The molecule has 4 nitrogen and oxygen atoms in total. The maximum absolute atomic E-state index is 11.3. The van der Waals surface area contributed by atoms with Gasteiger partial charge < -0.3 is 5.73 Å². The van der Waals surface area contributed by atoms with Crippen molar-refractivity contribution in [3.63, 3.8) is 0 Å². The highest BCUT2D eigenvalue weighted by atomic mass is 16.1. The maximum atomic E-state index is 11.3. The van der Waals surface area contributed by atoms with Crippen molar-refractivity contribution in [2.45, 2.75) is 66.0 Å². The first-order valence-electron chi connectivity index (χ1n) is 7.60. The van der Waals surface area contributed by atoms with Gasteiger partial charge in [0.05, 0.1) is 18.5 Å². The molecule has 3 atom stereocenters. The molecule has 1 rings (SSSR count). The van der Waals surface area contributed by atoms with Gasteiger partial charge in [-0.1, -0.05) is 20.8 Å². The van der Waals surface area contributed by atoms with Crippen LogP contribution < -0.4 is 5.73 Å². The number of hydrogen-bond acceptors (Lipinski definition) is 3. The van der Waals surface area contributed by atoms with Gasteiger partial charge in [0.2, 0.25) is 5.91 Å². The number of nitrogens with two attached hydrogens (primary N) is 1. The number of nitriles is 1. The van der Waals surface area contributed by atoms with E-state index in [-0.39, 0.29) is 35.9 Å². The number of carbonyl (C=O) groups excluding carboxylic acids is 1. The molecule has 0 spiro atoms. The van der Waals surface area contributed by atoms with E-state index in [1.807, 2.05) is 0 Å². The number of nitrogens with zero attached hydrogens (tertiary/aromatic N) is 2. The fourth-order valence-corrected chi connectivity index (χ4v) is 3.31. The van der Waals surface area contributed by atoms with Crippen molar-refractivity contribution in [1.82, 2.24) is 4.90 Å². The number of primary amides is 1. The summed E-state index contributed by atoms with van der Waals surface area (Å²) in [6.45, 7) is 11.2. The molecule has 0 aliphatic heterocycles. The molecule has 4 heteroatoms. The smallest absolute Gasteiger partial charge is 0.231 e. The summed E-state index contributed by atoms with van der Waals surface area (Å²) in [7, 11) is 0. The Hall–Kier alpha value is -1.08. The highest BCUT2D eigenvalue weighted by molar-refractivity contribution is 5.76. The minimum atomic E-state index is -0.312. The lowest BCUT2D eigenvalue weighted by Gasteiger charge is -2.45. The molecule has 0 radical (unpaired) electrons. The molecule has 0 heterocycles. The van der Waals surface area contributed by atoms with E-state index in [1.165, 1.54) is 0 Å². The Kier molecular flexibility index (Phi) is 5.59. The van der Waals surface area contributed by atoms with E-state index in [9.17, 15) is 10.1 Å². The Morgan fingerprint density at radius 2 is 2.00 bits per heavy atom. The number of amides is 1. The largest absolute Gasteiger partial charge is 0.369 e. The summed E-state index contributed by atoms with van der Waals surface area (Å²) >= 11 is 0. The molecule has 1 amide bonds. The van der Waals surface area contributed by atoms with Gasteiger partial charge in [0, 0.05) is 12.1 Å². The zero-order valence-corrected chi connectivity index (χ0v) is 13.5. The molecule has 1 saturated carbocycles. The van der Waals surface area contributed by atoms with Crippen molar-refractivity contribution in [2.24, 2.45) is 23.0 Å². The van der Waals surface area contributed by atoms with Crippen LogP contribution in [0.1, 0.15) is 53.9 Å². The van der Waals surface area contributed by atoms with Crippen LogP contribution in [0.5, 0.6) is 0 Å². The summed E-state index contributed by atoms with van der Waals surface area (Å²) < 4.78 is 0. The van der Waals surface area contributed by atoms with Crippen molar-refractivity contribution < 1.29 is 4.79 Å². The SMILES string of the molecule is CC(C)N(CC(N)=O)C1CC(C(C)(C)C)CCC1C#N. The molecule has 0 saturated heterocycles. The predicted octanol–water partition coefficient (Wildman–Crippen LogP) is 2.54. The Bertz CT molecular complexity index is 378. The lowest BCUT2D eigenvalue weighted by molar-refractivity contribution is -0.121. The van der Waals surface area contributed by atoms with E-state index in [0.29, 0.717) is 5.92 Å². The molecule has 1 aliphatic rings. The van der Waals surface area contributed by atoms with Gasteiger partial charge >= 0.3 is 0 Å². The highest BCUT2D eigenvalue weighted by Gasteiger charge is 2.39. The van der Waals surface area contributed by atoms with Crippen LogP contribution in [0, 0.1) is 28.6 Å². The molecule has 1 aliphatic carbocycles. The van der Waals surface area contributed by atoms with Gasteiger partial charge in [0.15, 0.2) is 0 Å². The minimum Gasteiger partial charge on any atom is -0.369 e. The highest BCUT2D eigenvalue weighted by Crippen LogP contribution is 2.41. The third-order valence-electron chi connectivity index (χ3n) is 4.63. The third kappa shape index (κ3) is 4.21. The van der Waals surface area contributed by atoms with Gasteiger partial charge in [-0.3, -0.25) is 9.69 Å². The van der Waals surface area contributed by atoms with E-state index < -0.39 is 0 Å². The molecule has 1 fully saturated rings. The normalized spacial score (nSPS) is 27.6. The molecule has 0 aromatic rings. The van der Waals surface area contributed by atoms with E-state index >= 15 is 0 Å². The molecule has 114 valence electrons. The van der Waals surface area contributed by atoms with Gasteiger partial charge in [-0.25, -0.2) is 0 Å². The van der Waals surface area contributed by atoms with Crippen molar-refractivity contribution in [1.29, 1.82) is 5.26 Å². The van der Waals surface area contributed by atoms with Gasteiger partial charge in [-0.2, -0.15) is 5.26 Å². The number of hydrogen-bond donors (Lipinski definition) is 1. The standard InChI is InChI=1S/C16H29N3O/c1-11(2)19(10-15(18)20)14-8-13(16(3,4)5)7-6-12(14)9-17/h11-14H,6-8,10H2,1-5H3,(H2,18,20). The van der Waals surface area contributed by atoms with Crippen molar-refractivity contribution in [3.05, 3.63) is 0 Å². The lowest BCUT2D eigenvalue weighted by atomic mass is 9.67. The van der Waals surface area contributed by atoms with E-state index in [0.717, 1.165) is 19.3 Å². The van der Waals surface area contributed by atoms with Crippen LogP contribution >= 0.6 is 0 Å². The van der Waals surface area contributed by atoms with Crippen LogP contribution in [0.3, 0.4) is 0 Å². The second-order valence-corrected chi connectivity index (χ2v) is 7.41. The summed E-state index contributed by atoms with van der Waals surface area (Å²) in [5.41, 5.74) is 5.63. The summed E-state index contributed by atoms with van der Waals surface area (Å²) in [4.78, 5) is 13.4. The topological polar surface area (TPSA) is 70.1 Å². The fourth-order valence-electron chi connectivity index (χ4n) is 3.31. The quantitative estimate of drug-likeness (QED) is 0.859. The van der Waals surface area contributed by atoms with Crippen LogP contribution in [0.25, 0.3) is 0 Å². The van der Waals surface area contributed by atoms with Crippen molar-refractivity contribution in [3.8, 4) is 6.07 Å². The summed E-state index contributed by atoms with van der Waals surface area (Å²) in [6.07, 6.45) is 3.00. The van der Waals surface area contributed by atoms with Crippen molar-refractivity contribution in [2.75, 3.05) is 6.54 Å². The second kappa shape index (κ2) is 6.58. The van der Waals surface area contributed by atoms with E-state index in [1.54, 1.807) is 0 Å². The molecule has 0 aromatic carbocycles. The van der Waals surface area contributed by atoms with Crippen LogP contribution in [0.2, 0.25) is 0 Å². The lowest BCUT2D eigenvalue weighted by Crippen LogP contribution is -2.51. The van der Waals surface area contributed by atoms with Crippen LogP contribution in [0.4, 0.5) is 0 Å². The van der Waals surface area contributed by atoms with Crippen LogP contribution in [-0.4, -0.2) is 29.4 Å². The van der Waals surface area contributed by atoms with Crippen molar-refractivity contribution >= 4 is 5.91 Å². The second-order valence-electron chi connectivity index (χ2n) is 7.41. The fraction of sp³-hybridized carbons (Fsp3) is 0.875. The first kappa shape index (κ1) is 17.0. The van der Waals surface area contributed by atoms with Gasteiger partial charge in [-0.15, -0.1) is 0 Å². The van der Waals surface area contributed by atoms with E-state index in [2.05, 4.69) is 45.6 Å². The van der Waals surface area contributed by atoms with Crippen LogP contribution in [-0.2, 0) is 4.79 Å². The van der Waals surface area contributed by atoms with E-state index in [4.69, 9.17) is 5.73 Å². The molecular formula is C16H29N3O. The number of rotatable bonds is 4. The molecule has 2 N–H and O–H groups in total. The van der Waals surface area contributed by atoms with Gasteiger partial charge in [-0.05, 0) is 44.4 Å². The Balaban J connectivity index is 2.94. The molecular weight excluding hydrogens is 250 g/mol. The summed E-state index contributed by atoms with van der Waals surface area (Å²) in [5, 5.41) is 9.42. The predicted molar refractivity (Wildman–Crippen MR) is 80.7 cm³/mol. The zero-order chi connectivity index (χ0) is 15.5. The average molecular weight is 279 g/mol. The molecule has 0 aromatic heterocycles. The Morgan fingerprint density at radius 3 is 2.40 bits per heavy atom. The minimum absolute atomic E-state index is 0.00958. The molecule has 0 bridgehead atoms. The first-order valence-corrected chi connectivity index (χ1v) is 7.60. The maximum Gasteiger partial charge on any atom is 0.231 e. The zero-order valence-electron chi connectivity index (χ0n) is 13.5. The first-order chi connectivity index (χ1) is 9.16. The summed E-state index contributed by atoms with van der Waals surface area (Å²) in [6, 6.07) is 2.81.